The lowest BCUT2D eigenvalue weighted by molar-refractivity contribution is -0.139. The van der Waals surface area contributed by atoms with E-state index < -0.39 is 23.4 Å². The number of methoxy groups -OCH3 is 1. The minimum atomic E-state index is -1.30. The molecule has 35 heavy (non-hydrogen) atoms. The number of rotatable bonds is 7. The third kappa shape index (κ3) is 5.05. The van der Waals surface area contributed by atoms with Gasteiger partial charge in [0.2, 0.25) is 0 Å². The number of hydrogen-bond acceptors (Lipinski definition) is 6. The highest BCUT2D eigenvalue weighted by Crippen LogP contribution is 2.29. The van der Waals surface area contributed by atoms with E-state index in [1.54, 1.807) is 38.3 Å². The fourth-order valence-electron chi connectivity index (χ4n) is 4.53. The van der Waals surface area contributed by atoms with E-state index in [4.69, 9.17) is 4.74 Å². The van der Waals surface area contributed by atoms with Crippen molar-refractivity contribution in [1.82, 2.24) is 20.7 Å². The van der Waals surface area contributed by atoms with Crippen LogP contribution >= 0.6 is 0 Å². The van der Waals surface area contributed by atoms with Crippen LogP contribution in [-0.2, 0) is 15.1 Å². The van der Waals surface area contributed by atoms with E-state index in [0.717, 1.165) is 10.6 Å². The molecule has 1 atom stereocenters. The van der Waals surface area contributed by atoms with E-state index in [1.165, 1.54) is 0 Å². The third-order valence-corrected chi connectivity index (χ3v) is 6.76. The molecule has 2 N–H and O–H groups in total. The van der Waals surface area contributed by atoms with Crippen LogP contribution < -0.4 is 15.5 Å². The highest BCUT2D eigenvalue weighted by molar-refractivity contribution is 6.08. The van der Waals surface area contributed by atoms with Gasteiger partial charge in [-0.25, -0.2) is 4.79 Å². The first-order valence-corrected chi connectivity index (χ1v) is 11.6. The second kappa shape index (κ2) is 9.87. The SMILES string of the molecule is COc1ccc(C2(C)NC(=O)N(NC(=O)CN3CCC(C(=O)c4ccc(C)cc4)CC3)C2=O)cc1. The lowest BCUT2D eigenvalue weighted by Gasteiger charge is -2.31. The zero-order valence-corrected chi connectivity index (χ0v) is 20.2. The van der Waals surface area contributed by atoms with Gasteiger partial charge in [-0.05, 0) is 57.5 Å². The summed E-state index contributed by atoms with van der Waals surface area (Å²) in [5.74, 6) is -0.345. The smallest absolute Gasteiger partial charge is 0.344 e. The molecule has 2 saturated heterocycles. The van der Waals surface area contributed by atoms with Crippen LogP contribution in [0.25, 0.3) is 0 Å². The Bertz CT molecular complexity index is 1120. The van der Waals surface area contributed by atoms with Crippen molar-refractivity contribution in [1.29, 1.82) is 0 Å². The van der Waals surface area contributed by atoms with Gasteiger partial charge >= 0.3 is 6.03 Å². The Labute approximate surface area is 204 Å². The number of hydrogen-bond donors (Lipinski definition) is 2. The van der Waals surface area contributed by atoms with E-state index in [-0.39, 0.29) is 18.2 Å². The van der Waals surface area contributed by atoms with E-state index >= 15 is 0 Å². The lowest BCUT2D eigenvalue weighted by atomic mass is 9.88. The molecule has 1 unspecified atom stereocenters. The summed E-state index contributed by atoms with van der Waals surface area (Å²) in [6.45, 7) is 4.77. The van der Waals surface area contributed by atoms with Crippen molar-refractivity contribution < 1.29 is 23.9 Å². The topological polar surface area (TPSA) is 108 Å². The molecule has 2 aliphatic rings. The summed E-state index contributed by atoms with van der Waals surface area (Å²) < 4.78 is 5.14. The highest BCUT2D eigenvalue weighted by Gasteiger charge is 2.50. The fourth-order valence-corrected chi connectivity index (χ4v) is 4.53. The Hall–Kier alpha value is -3.72. The van der Waals surface area contributed by atoms with E-state index in [0.29, 0.717) is 42.8 Å². The molecule has 2 aliphatic heterocycles. The van der Waals surface area contributed by atoms with Gasteiger partial charge < -0.3 is 10.1 Å². The molecule has 9 nitrogen and oxygen atoms in total. The molecule has 0 saturated carbocycles. The number of urea groups is 1. The molecule has 4 rings (SSSR count). The number of carbonyl (C=O) groups excluding carboxylic acids is 4. The maximum Gasteiger partial charge on any atom is 0.344 e. The molecule has 0 bridgehead atoms. The number of Topliss-reactive ketones (excluding diaryl/α,β-unsaturated/α-hetero) is 1. The molecule has 4 amide bonds. The summed E-state index contributed by atoms with van der Waals surface area (Å²) in [4.78, 5) is 52.9. The zero-order chi connectivity index (χ0) is 25.2. The number of ether oxygens (including phenoxy) is 1. The van der Waals surface area contributed by atoms with Gasteiger partial charge in [-0.1, -0.05) is 42.0 Å². The second-order valence-electron chi connectivity index (χ2n) is 9.24. The van der Waals surface area contributed by atoms with Crippen molar-refractivity contribution >= 4 is 23.6 Å². The zero-order valence-electron chi connectivity index (χ0n) is 20.2. The number of carbonyl (C=O) groups is 4. The van der Waals surface area contributed by atoms with Gasteiger partial charge in [-0.15, -0.1) is 0 Å². The van der Waals surface area contributed by atoms with Crippen LogP contribution in [0.2, 0.25) is 0 Å². The molecule has 0 aliphatic carbocycles. The van der Waals surface area contributed by atoms with E-state index in [2.05, 4.69) is 10.7 Å². The maximum atomic E-state index is 13.0. The molecule has 184 valence electrons. The Morgan fingerprint density at radius 1 is 1.06 bits per heavy atom. The van der Waals surface area contributed by atoms with Crippen molar-refractivity contribution in [2.24, 2.45) is 5.92 Å². The Morgan fingerprint density at radius 3 is 2.29 bits per heavy atom. The molecule has 0 spiro atoms. The average Bonchev–Trinajstić information content (AvgIpc) is 3.08. The van der Waals surface area contributed by atoms with Gasteiger partial charge in [-0.3, -0.25) is 24.7 Å². The number of benzene rings is 2. The third-order valence-electron chi connectivity index (χ3n) is 6.76. The molecule has 2 heterocycles. The monoisotopic (exact) mass is 478 g/mol. The van der Waals surface area contributed by atoms with Crippen LogP contribution in [0, 0.1) is 12.8 Å². The average molecular weight is 479 g/mol. The summed E-state index contributed by atoms with van der Waals surface area (Å²) in [6, 6.07) is 13.7. The van der Waals surface area contributed by atoms with Gasteiger partial charge in [0, 0.05) is 11.5 Å². The Balaban J connectivity index is 1.31. The van der Waals surface area contributed by atoms with Gasteiger partial charge in [0.1, 0.15) is 11.3 Å². The second-order valence-corrected chi connectivity index (χ2v) is 9.24. The Morgan fingerprint density at radius 2 is 1.69 bits per heavy atom. The molecule has 9 heteroatoms. The summed E-state index contributed by atoms with van der Waals surface area (Å²) in [5.41, 5.74) is 3.54. The molecule has 2 fully saturated rings. The molecular weight excluding hydrogens is 448 g/mol. The number of hydrazine groups is 1. The van der Waals surface area contributed by atoms with Crippen molar-refractivity contribution in [3.63, 3.8) is 0 Å². The van der Waals surface area contributed by atoms with Crippen LogP contribution in [-0.4, -0.2) is 60.3 Å². The summed E-state index contributed by atoms with van der Waals surface area (Å²) >= 11 is 0. The summed E-state index contributed by atoms with van der Waals surface area (Å²) in [6.07, 6.45) is 1.30. The largest absolute Gasteiger partial charge is 0.497 e. The van der Waals surface area contributed by atoms with Crippen molar-refractivity contribution in [2.45, 2.75) is 32.2 Å². The number of nitrogens with one attached hydrogen (secondary N) is 2. The minimum Gasteiger partial charge on any atom is -0.497 e. The van der Waals surface area contributed by atoms with Crippen LogP contribution in [0.1, 0.15) is 41.3 Å². The fraction of sp³-hybridized carbons (Fsp3) is 0.385. The molecule has 2 aromatic rings. The van der Waals surface area contributed by atoms with Crippen LogP contribution in [0.5, 0.6) is 5.75 Å². The van der Waals surface area contributed by atoms with Crippen LogP contribution in [0.3, 0.4) is 0 Å². The van der Waals surface area contributed by atoms with Crippen molar-refractivity contribution in [2.75, 3.05) is 26.7 Å². The van der Waals surface area contributed by atoms with Crippen molar-refractivity contribution in [3.8, 4) is 5.75 Å². The summed E-state index contributed by atoms with van der Waals surface area (Å²) in [5, 5.41) is 3.40. The molecular formula is C26H30N4O5. The van der Waals surface area contributed by atoms with Gasteiger partial charge in [0.15, 0.2) is 5.78 Å². The predicted molar refractivity (Wildman–Crippen MR) is 129 cm³/mol. The summed E-state index contributed by atoms with van der Waals surface area (Å²) in [7, 11) is 1.54. The van der Waals surface area contributed by atoms with Crippen LogP contribution in [0.4, 0.5) is 4.79 Å². The van der Waals surface area contributed by atoms with E-state index in [9.17, 15) is 19.2 Å². The van der Waals surface area contributed by atoms with E-state index in [1.807, 2.05) is 36.1 Å². The van der Waals surface area contributed by atoms with Gasteiger partial charge in [0.05, 0.1) is 13.7 Å². The number of amides is 4. The lowest BCUT2D eigenvalue weighted by Crippen LogP contribution is -2.51. The number of piperidine rings is 1. The van der Waals surface area contributed by atoms with Gasteiger partial charge in [0.25, 0.3) is 11.8 Å². The molecule has 2 aromatic carbocycles. The minimum absolute atomic E-state index is 0.0295. The van der Waals surface area contributed by atoms with Gasteiger partial charge in [-0.2, -0.15) is 5.01 Å². The first-order chi connectivity index (χ1) is 16.7. The molecule has 0 aromatic heterocycles. The van der Waals surface area contributed by atoms with Crippen LogP contribution in [0.15, 0.2) is 48.5 Å². The first-order valence-electron chi connectivity index (χ1n) is 11.6. The maximum absolute atomic E-state index is 13.0. The number of aryl methyl sites for hydroxylation is 1. The predicted octanol–water partition coefficient (Wildman–Crippen LogP) is 2.40. The normalized spacial score (nSPS) is 21.1. The number of nitrogens with zero attached hydrogens (tertiary/aromatic N) is 2. The number of imide groups is 1. The van der Waals surface area contributed by atoms with Crippen molar-refractivity contribution in [3.05, 3.63) is 65.2 Å². The molecule has 0 radical (unpaired) electrons. The number of likely N-dealkylation sites (tertiary alicyclic amines) is 1. The quantitative estimate of drug-likeness (QED) is 0.467. The first kappa shape index (κ1) is 24.4. The standard InChI is InChI=1S/C26H30N4O5/c1-17-4-6-18(7-5-17)23(32)19-12-14-29(15-13-19)16-22(31)28-30-24(33)26(2,27-25(30)34)20-8-10-21(35-3)11-9-20/h4-11,19H,12-16H2,1-3H3,(H,27,34)(H,28,31). The highest BCUT2D eigenvalue weighted by atomic mass is 16.5. The number of ketones is 1. The Kier molecular flexibility index (Phi) is 6.88.